The van der Waals surface area contributed by atoms with E-state index in [0.29, 0.717) is 31.0 Å². The summed E-state index contributed by atoms with van der Waals surface area (Å²) in [6.45, 7) is 4.10. The lowest BCUT2D eigenvalue weighted by Crippen LogP contribution is -2.56. The van der Waals surface area contributed by atoms with Gasteiger partial charge in [0.25, 0.3) is 5.91 Å². The predicted octanol–water partition coefficient (Wildman–Crippen LogP) is 1.52. The Kier molecular flexibility index (Phi) is 4.59. The maximum absolute atomic E-state index is 12.2. The normalized spacial score (nSPS) is 25.5. The molecule has 0 unspecified atom stereocenters. The number of hydrogen-bond donors (Lipinski definition) is 3. The average Bonchev–Trinajstić information content (AvgIpc) is 2.90. The van der Waals surface area contributed by atoms with Crippen molar-refractivity contribution in [3.8, 4) is 0 Å². The van der Waals surface area contributed by atoms with Crippen molar-refractivity contribution in [2.75, 3.05) is 0 Å². The second kappa shape index (κ2) is 6.24. The van der Waals surface area contributed by atoms with E-state index in [9.17, 15) is 14.7 Å². The molecule has 0 atom stereocenters. The Labute approximate surface area is 123 Å². The smallest absolute Gasteiger partial charge is 0.329 e. The maximum atomic E-state index is 12.2. The Balaban J connectivity index is 2.09. The Bertz CT molecular complexity index is 518. The third-order valence-electron chi connectivity index (χ3n) is 4.11. The lowest BCUT2D eigenvalue weighted by molar-refractivity contribution is -0.146. The van der Waals surface area contributed by atoms with Crippen molar-refractivity contribution in [1.82, 2.24) is 20.5 Å². The number of aromatic nitrogens is 3. The number of carboxylic acids is 1. The largest absolute Gasteiger partial charge is 0.480 e. The zero-order valence-corrected chi connectivity index (χ0v) is 12.5. The minimum absolute atomic E-state index is 0.0118. The first-order valence-electron chi connectivity index (χ1n) is 7.44. The number of nitrogens with one attached hydrogen (secondary N) is 2. The summed E-state index contributed by atoms with van der Waals surface area (Å²) in [6.07, 6.45) is 4.08. The van der Waals surface area contributed by atoms with Crippen molar-refractivity contribution in [2.24, 2.45) is 5.92 Å². The molecule has 0 spiro atoms. The molecule has 7 heteroatoms. The van der Waals surface area contributed by atoms with Gasteiger partial charge in [-0.1, -0.05) is 13.8 Å². The topological polar surface area (TPSA) is 108 Å². The third-order valence-corrected chi connectivity index (χ3v) is 4.11. The number of carboxylic acid groups (broad SMARTS) is 1. The van der Waals surface area contributed by atoms with Crippen LogP contribution in [-0.4, -0.2) is 37.7 Å². The van der Waals surface area contributed by atoms with Crippen LogP contribution in [0.15, 0.2) is 0 Å². The molecule has 1 saturated carbocycles. The van der Waals surface area contributed by atoms with Crippen LogP contribution in [0.5, 0.6) is 0 Å². The van der Waals surface area contributed by atoms with Crippen LogP contribution < -0.4 is 5.32 Å². The lowest BCUT2D eigenvalue weighted by Gasteiger charge is -2.36. The molecule has 0 saturated heterocycles. The van der Waals surface area contributed by atoms with Crippen LogP contribution in [0.2, 0.25) is 0 Å². The number of aryl methyl sites for hydroxylation is 1. The van der Waals surface area contributed by atoms with Gasteiger partial charge in [0.1, 0.15) is 11.4 Å². The van der Waals surface area contributed by atoms with Crippen LogP contribution in [0.3, 0.4) is 0 Å². The highest BCUT2D eigenvalue weighted by atomic mass is 16.4. The summed E-state index contributed by atoms with van der Waals surface area (Å²) in [5.74, 6) is -0.353. The predicted molar refractivity (Wildman–Crippen MR) is 75.8 cm³/mol. The molecule has 1 fully saturated rings. The van der Waals surface area contributed by atoms with Gasteiger partial charge in [0.2, 0.25) is 5.82 Å². The molecule has 3 N–H and O–H groups in total. The van der Waals surface area contributed by atoms with Gasteiger partial charge < -0.3 is 10.4 Å². The van der Waals surface area contributed by atoms with Crippen LogP contribution in [0.4, 0.5) is 0 Å². The van der Waals surface area contributed by atoms with Crippen molar-refractivity contribution in [1.29, 1.82) is 0 Å². The molecule has 7 nitrogen and oxygen atoms in total. The molecule has 2 rings (SSSR count). The quantitative estimate of drug-likeness (QED) is 0.763. The highest BCUT2D eigenvalue weighted by Crippen LogP contribution is 2.32. The van der Waals surface area contributed by atoms with Crippen LogP contribution in [0.1, 0.15) is 62.4 Å². The number of H-pyrrole nitrogens is 1. The molecule has 0 radical (unpaired) electrons. The molecule has 1 aromatic heterocycles. The zero-order valence-electron chi connectivity index (χ0n) is 12.5. The fourth-order valence-electron chi connectivity index (χ4n) is 2.67. The van der Waals surface area contributed by atoms with E-state index in [1.165, 1.54) is 0 Å². The molecule has 21 heavy (non-hydrogen) atoms. The minimum atomic E-state index is -1.19. The zero-order chi connectivity index (χ0) is 15.5. The van der Waals surface area contributed by atoms with E-state index in [-0.39, 0.29) is 5.82 Å². The molecule has 0 bridgehead atoms. The van der Waals surface area contributed by atoms with Crippen LogP contribution in [0.25, 0.3) is 0 Å². The van der Waals surface area contributed by atoms with Gasteiger partial charge in [-0.3, -0.25) is 9.89 Å². The highest BCUT2D eigenvalue weighted by Gasteiger charge is 2.43. The summed E-state index contributed by atoms with van der Waals surface area (Å²) in [5, 5.41) is 18.7. The third kappa shape index (κ3) is 3.40. The van der Waals surface area contributed by atoms with E-state index in [2.05, 4.69) is 27.4 Å². The van der Waals surface area contributed by atoms with Crippen LogP contribution >= 0.6 is 0 Å². The number of amides is 1. The van der Waals surface area contributed by atoms with E-state index in [4.69, 9.17) is 0 Å². The second-order valence-corrected chi connectivity index (χ2v) is 5.88. The fraction of sp³-hybridized carbons (Fsp3) is 0.714. The van der Waals surface area contributed by atoms with Gasteiger partial charge >= 0.3 is 5.97 Å². The van der Waals surface area contributed by atoms with E-state index < -0.39 is 17.4 Å². The van der Waals surface area contributed by atoms with E-state index in [0.717, 1.165) is 19.3 Å². The molecule has 0 aliphatic heterocycles. The van der Waals surface area contributed by atoms with Crippen LogP contribution in [0, 0.1) is 5.92 Å². The Morgan fingerprint density at radius 1 is 1.43 bits per heavy atom. The van der Waals surface area contributed by atoms with Crippen molar-refractivity contribution < 1.29 is 14.7 Å². The molecule has 1 amide bonds. The van der Waals surface area contributed by atoms with Gasteiger partial charge in [-0.25, -0.2) is 9.78 Å². The van der Waals surface area contributed by atoms with Gasteiger partial charge in [0, 0.05) is 6.42 Å². The van der Waals surface area contributed by atoms with Crippen molar-refractivity contribution >= 4 is 11.9 Å². The number of aliphatic carboxylic acids is 1. The van der Waals surface area contributed by atoms with Crippen molar-refractivity contribution in [2.45, 2.75) is 57.9 Å². The summed E-state index contributed by atoms with van der Waals surface area (Å²) >= 11 is 0. The average molecular weight is 294 g/mol. The summed E-state index contributed by atoms with van der Waals surface area (Å²) < 4.78 is 0. The summed E-state index contributed by atoms with van der Waals surface area (Å²) in [5.41, 5.74) is -1.19. The lowest BCUT2D eigenvalue weighted by atomic mass is 9.77. The van der Waals surface area contributed by atoms with Crippen molar-refractivity contribution in [3.05, 3.63) is 11.6 Å². The summed E-state index contributed by atoms with van der Waals surface area (Å²) in [6, 6.07) is 0. The number of carbonyl (C=O) groups is 2. The Morgan fingerprint density at radius 3 is 2.67 bits per heavy atom. The minimum Gasteiger partial charge on any atom is -0.480 e. The molecule has 1 aromatic rings. The standard InChI is InChI=1S/C14H22N4O3/c1-3-4-10-15-11(18-17-10)12(19)16-14(13(20)21)7-5-9(2)6-8-14/h9H,3-8H2,1-2H3,(H,16,19)(H,20,21)(H,15,17,18). The van der Waals surface area contributed by atoms with Crippen LogP contribution in [-0.2, 0) is 11.2 Å². The number of carbonyl (C=O) groups excluding carboxylic acids is 1. The molecular formula is C14H22N4O3. The molecule has 116 valence electrons. The van der Waals surface area contributed by atoms with Gasteiger partial charge in [0.15, 0.2) is 0 Å². The van der Waals surface area contributed by atoms with E-state index >= 15 is 0 Å². The summed E-state index contributed by atoms with van der Waals surface area (Å²) in [4.78, 5) is 27.9. The molecule has 1 heterocycles. The number of hydrogen-bond acceptors (Lipinski definition) is 4. The molecule has 0 aromatic carbocycles. The van der Waals surface area contributed by atoms with Gasteiger partial charge in [-0.05, 0) is 38.0 Å². The maximum Gasteiger partial charge on any atom is 0.329 e. The second-order valence-electron chi connectivity index (χ2n) is 5.88. The van der Waals surface area contributed by atoms with E-state index in [1.807, 2.05) is 6.92 Å². The highest BCUT2D eigenvalue weighted by molar-refractivity contribution is 5.95. The molecular weight excluding hydrogens is 272 g/mol. The Hall–Kier alpha value is -1.92. The van der Waals surface area contributed by atoms with Crippen molar-refractivity contribution in [3.63, 3.8) is 0 Å². The Morgan fingerprint density at radius 2 is 2.10 bits per heavy atom. The first-order chi connectivity index (χ1) is 9.97. The first kappa shape index (κ1) is 15.5. The monoisotopic (exact) mass is 294 g/mol. The van der Waals surface area contributed by atoms with Gasteiger partial charge in [0.05, 0.1) is 0 Å². The molecule has 1 aliphatic rings. The van der Waals surface area contributed by atoms with E-state index in [1.54, 1.807) is 0 Å². The van der Waals surface area contributed by atoms with Gasteiger partial charge in [-0.15, -0.1) is 5.10 Å². The SMILES string of the molecule is CCCc1nc(C(=O)NC2(C(=O)O)CCC(C)CC2)n[nH]1. The first-order valence-corrected chi connectivity index (χ1v) is 7.44. The number of rotatable bonds is 5. The number of nitrogens with zero attached hydrogens (tertiary/aromatic N) is 2. The molecule has 1 aliphatic carbocycles. The number of aromatic amines is 1. The summed E-state index contributed by atoms with van der Waals surface area (Å²) in [7, 11) is 0. The van der Waals surface area contributed by atoms with Gasteiger partial charge in [-0.2, -0.15) is 0 Å². The fourth-order valence-corrected chi connectivity index (χ4v) is 2.67.